The Balaban J connectivity index is 1.98. The zero-order valence-electron chi connectivity index (χ0n) is 15.9. The molecule has 3 heterocycles. The Morgan fingerprint density at radius 1 is 1.15 bits per heavy atom. The van der Waals surface area contributed by atoms with Gasteiger partial charge >= 0.3 is 5.97 Å². The van der Waals surface area contributed by atoms with Gasteiger partial charge in [0, 0.05) is 45.8 Å². The van der Waals surface area contributed by atoms with Gasteiger partial charge < -0.3 is 19.1 Å². The van der Waals surface area contributed by atoms with Crippen molar-refractivity contribution in [2.24, 2.45) is 0 Å². The summed E-state index contributed by atoms with van der Waals surface area (Å²) in [5.41, 5.74) is 0.200. The number of amides is 1. The van der Waals surface area contributed by atoms with Crippen molar-refractivity contribution in [2.75, 3.05) is 37.7 Å². The molecule has 8 heteroatoms. The van der Waals surface area contributed by atoms with Crippen LogP contribution in [0.3, 0.4) is 0 Å². The molecule has 2 aromatic heterocycles. The molecule has 1 amide bonds. The number of hydrogen-bond acceptors (Lipinski definition) is 6. The van der Waals surface area contributed by atoms with Crippen LogP contribution in [-0.2, 0) is 16.1 Å². The maximum Gasteiger partial charge on any atom is 0.343 e. The van der Waals surface area contributed by atoms with Gasteiger partial charge in [0.05, 0.1) is 12.0 Å². The third kappa shape index (κ3) is 3.65. The van der Waals surface area contributed by atoms with Crippen molar-refractivity contribution in [1.29, 1.82) is 0 Å². The van der Waals surface area contributed by atoms with Gasteiger partial charge in [-0.3, -0.25) is 9.59 Å². The number of anilines is 1. The molecule has 0 atom stereocenters. The maximum absolute atomic E-state index is 12.7. The fourth-order valence-corrected chi connectivity index (χ4v) is 3.28. The highest BCUT2D eigenvalue weighted by molar-refractivity contribution is 5.93. The van der Waals surface area contributed by atoms with E-state index in [-0.39, 0.29) is 23.5 Å². The van der Waals surface area contributed by atoms with Gasteiger partial charge in [-0.2, -0.15) is 0 Å². The number of carbonyl (C=O) groups is 2. The van der Waals surface area contributed by atoms with Crippen LogP contribution in [0.1, 0.15) is 31.1 Å². The molecular formula is C19H24N4O4. The third-order valence-electron chi connectivity index (χ3n) is 4.79. The van der Waals surface area contributed by atoms with Gasteiger partial charge in [0.15, 0.2) is 0 Å². The number of rotatable bonds is 4. The molecule has 8 nitrogen and oxygen atoms in total. The van der Waals surface area contributed by atoms with E-state index in [1.54, 1.807) is 30.5 Å². The van der Waals surface area contributed by atoms with Crippen LogP contribution < -0.4 is 10.3 Å². The molecule has 1 aliphatic rings. The highest BCUT2D eigenvalue weighted by atomic mass is 16.5. The van der Waals surface area contributed by atoms with Crippen molar-refractivity contribution in [3.8, 4) is 0 Å². The molecule has 0 radical (unpaired) electrons. The van der Waals surface area contributed by atoms with Crippen molar-refractivity contribution >= 4 is 28.7 Å². The number of aryl methyl sites for hydroxylation is 1. The summed E-state index contributed by atoms with van der Waals surface area (Å²) in [7, 11) is 0. The fourth-order valence-electron chi connectivity index (χ4n) is 3.28. The van der Waals surface area contributed by atoms with Crippen LogP contribution in [0.2, 0.25) is 0 Å². The minimum atomic E-state index is -0.615. The summed E-state index contributed by atoms with van der Waals surface area (Å²) >= 11 is 0. The van der Waals surface area contributed by atoms with E-state index in [1.807, 2.05) is 11.8 Å². The average molecular weight is 372 g/mol. The van der Waals surface area contributed by atoms with E-state index >= 15 is 0 Å². The number of hydrogen-bond donors (Lipinski definition) is 0. The molecule has 2 aromatic rings. The summed E-state index contributed by atoms with van der Waals surface area (Å²) < 4.78 is 6.78. The molecular weight excluding hydrogens is 348 g/mol. The monoisotopic (exact) mass is 372 g/mol. The second-order valence-electron chi connectivity index (χ2n) is 6.41. The van der Waals surface area contributed by atoms with Crippen molar-refractivity contribution in [3.63, 3.8) is 0 Å². The Kier molecular flexibility index (Phi) is 5.43. The predicted molar refractivity (Wildman–Crippen MR) is 102 cm³/mol. The zero-order valence-corrected chi connectivity index (χ0v) is 15.9. The molecule has 1 aliphatic heterocycles. The first-order chi connectivity index (χ1) is 13.0. The second-order valence-corrected chi connectivity index (χ2v) is 6.41. The van der Waals surface area contributed by atoms with Crippen molar-refractivity contribution in [2.45, 2.75) is 27.3 Å². The second kappa shape index (κ2) is 7.77. The van der Waals surface area contributed by atoms with Gasteiger partial charge in [0.25, 0.3) is 0 Å². The van der Waals surface area contributed by atoms with E-state index in [0.29, 0.717) is 43.8 Å². The molecule has 1 saturated heterocycles. The van der Waals surface area contributed by atoms with E-state index < -0.39 is 5.97 Å². The number of nitrogens with zero attached hydrogens (tertiary/aromatic N) is 4. The molecule has 1 fully saturated rings. The summed E-state index contributed by atoms with van der Waals surface area (Å²) in [4.78, 5) is 44.9. The fraction of sp³-hybridized carbons (Fsp3) is 0.474. The summed E-state index contributed by atoms with van der Waals surface area (Å²) in [6, 6.07) is 3.51. The van der Waals surface area contributed by atoms with Gasteiger partial charge in [-0.25, -0.2) is 9.78 Å². The number of carbonyl (C=O) groups excluding carboxylic acids is 2. The lowest BCUT2D eigenvalue weighted by Crippen LogP contribution is -2.48. The maximum atomic E-state index is 12.7. The first-order valence-electron chi connectivity index (χ1n) is 9.18. The highest BCUT2D eigenvalue weighted by Gasteiger charge is 2.21. The van der Waals surface area contributed by atoms with Crippen LogP contribution in [0, 0.1) is 0 Å². The SMILES string of the molecule is CCOC(=O)c1cn(CC)c2nc(N3CCN(C(C)=O)CC3)ccc2c1=O. The molecule has 27 heavy (non-hydrogen) atoms. The molecule has 0 unspecified atom stereocenters. The minimum absolute atomic E-state index is 0.0239. The summed E-state index contributed by atoms with van der Waals surface area (Å²) in [6.45, 7) is 8.67. The first-order valence-corrected chi connectivity index (χ1v) is 9.18. The van der Waals surface area contributed by atoms with Crippen LogP contribution in [0.25, 0.3) is 11.0 Å². The lowest BCUT2D eigenvalue weighted by Gasteiger charge is -2.35. The molecule has 3 rings (SSSR count). The smallest absolute Gasteiger partial charge is 0.343 e. The first kappa shape index (κ1) is 18.9. The average Bonchev–Trinajstić information content (AvgIpc) is 2.68. The van der Waals surface area contributed by atoms with E-state index in [4.69, 9.17) is 4.74 Å². The summed E-state index contributed by atoms with van der Waals surface area (Å²) in [5.74, 6) is 0.222. The lowest BCUT2D eigenvalue weighted by atomic mass is 10.2. The Hall–Kier alpha value is -2.90. The number of aromatic nitrogens is 2. The molecule has 0 bridgehead atoms. The Bertz CT molecular complexity index is 929. The van der Waals surface area contributed by atoms with Crippen molar-refractivity contribution in [1.82, 2.24) is 14.5 Å². The Morgan fingerprint density at radius 3 is 2.44 bits per heavy atom. The number of ether oxygens (including phenoxy) is 1. The molecule has 144 valence electrons. The highest BCUT2D eigenvalue weighted by Crippen LogP contribution is 2.19. The number of fused-ring (bicyclic) bond motifs is 1. The van der Waals surface area contributed by atoms with Crippen LogP contribution >= 0.6 is 0 Å². The third-order valence-corrected chi connectivity index (χ3v) is 4.79. The molecule has 0 spiro atoms. The topological polar surface area (TPSA) is 84.7 Å². The van der Waals surface area contributed by atoms with Crippen LogP contribution in [0.5, 0.6) is 0 Å². The Morgan fingerprint density at radius 2 is 1.85 bits per heavy atom. The Labute approximate surface area is 157 Å². The summed E-state index contributed by atoms with van der Waals surface area (Å²) in [5, 5.41) is 0.397. The zero-order chi connectivity index (χ0) is 19.6. The van der Waals surface area contributed by atoms with Crippen LogP contribution in [0.15, 0.2) is 23.1 Å². The van der Waals surface area contributed by atoms with E-state index in [0.717, 1.165) is 5.82 Å². The van der Waals surface area contributed by atoms with E-state index in [9.17, 15) is 14.4 Å². The lowest BCUT2D eigenvalue weighted by molar-refractivity contribution is -0.129. The number of pyridine rings is 2. The quantitative estimate of drug-likeness (QED) is 0.752. The predicted octanol–water partition coefficient (Wildman–Crippen LogP) is 1.26. The van der Waals surface area contributed by atoms with Crippen LogP contribution in [0.4, 0.5) is 5.82 Å². The van der Waals surface area contributed by atoms with Gasteiger partial charge in [0.1, 0.15) is 17.0 Å². The molecule has 0 aromatic carbocycles. The number of esters is 1. The standard InChI is InChI=1S/C19H24N4O4/c1-4-21-12-15(19(26)27-5-2)17(25)14-6-7-16(20-18(14)21)23-10-8-22(9-11-23)13(3)24/h6-7,12H,4-5,8-11H2,1-3H3. The van der Waals surface area contributed by atoms with Gasteiger partial charge in [0.2, 0.25) is 11.3 Å². The summed E-state index contributed by atoms with van der Waals surface area (Å²) in [6.07, 6.45) is 1.52. The van der Waals surface area contributed by atoms with Crippen molar-refractivity contribution in [3.05, 3.63) is 34.1 Å². The van der Waals surface area contributed by atoms with Gasteiger partial charge in [-0.15, -0.1) is 0 Å². The normalized spacial score (nSPS) is 14.5. The molecule has 0 N–H and O–H groups in total. The van der Waals surface area contributed by atoms with Crippen LogP contribution in [-0.4, -0.2) is 59.1 Å². The molecule has 0 saturated carbocycles. The molecule has 0 aliphatic carbocycles. The number of piperazine rings is 1. The van der Waals surface area contributed by atoms with E-state index in [2.05, 4.69) is 9.88 Å². The minimum Gasteiger partial charge on any atom is -0.462 e. The van der Waals surface area contributed by atoms with E-state index in [1.165, 1.54) is 6.20 Å². The van der Waals surface area contributed by atoms with Gasteiger partial charge in [-0.05, 0) is 26.0 Å². The van der Waals surface area contributed by atoms with Crippen molar-refractivity contribution < 1.29 is 14.3 Å². The largest absolute Gasteiger partial charge is 0.462 e. The van der Waals surface area contributed by atoms with Gasteiger partial charge in [-0.1, -0.05) is 0 Å².